The predicted octanol–water partition coefficient (Wildman–Crippen LogP) is 3.41. The normalized spacial score (nSPS) is 12.1. The van der Waals surface area contributed by atoms with Gasteiger partial charge >= 0.3 is 5.97 Å². The molecule has 0 aliphatic carbocycles. The fourth-order valence-corrected chi connectivity index (χ4v) is 1.87. The van der Waals surface area contributed by atoms with Crippen LogP contribution in [0, 0.1) is 0 Å². The van der Waals surface area contributed by atoms with Crippen molar-refractivity contribution < 1.29 is 14.3 Å². The van der Waals surface area contributed by atoms with E-state index in [1.165, 1.54) is 11.6 Å². The minimum Gasteiger partial charge on any atom is -0.475 e. The maximum absolute atomic E-state index is 10.7. The molecule has 1 heterocycles. The third-order valence-corrected chi connectivity index (χ3v) is 2.91. The SMILES string of the molecule is CC(CCc1ccccc1)Nc1ccc(C(=O)O)o1. The van der Waals surface area contributed by atoms with E-state index in [1.807, 2.05) is 25.1 Å². The fourth-order valence-electron chi connectivity index (χ4n) is 1.87. The first kappa shape index (κ1) is 13.2. The van der Waals surface area contributed by atoms with Gasteiger partial charge in [0.05, 0.1) is 0 Å². The molecule has 0 amide bonds. The molecule has 0 fully saturated rings. The largest absolute Gasteiger partial charge is 0.475 e. The van der Waals surface area contributed by atoms with Crippen molar-refractivity contribution in [3.05, 3.63) is 53.8 Å². The molecule has 0 aliphatic rings. The highest BCUT2D eigenvalue weighted by Crippen LogP contribution is 2.16. The number of hydrogen-bond acceptors (Lipinski definition) is 3. The Labute approximate surface area is 112 Å². The minimum absolute atomic E-state index is 0.0437. The summed E-state index contributed by atoms with van der Waals surface area (Å²) in [6.45, 7) is 2.05. The van der Waals surface area contributed by atoms with E-state index in [4.69, 9.17) is 9.52 Å². The van der Waals surface area contributed by atoms with Gasteiger partial charge in [-0.1, -0.05) is 30.3 Å². The molecule has 100 valence electrons. The number of rotatable bonds is 6. The maximum Gasteiger partial charge on any atom is 0.371 e. The molecule has 0 bridgehead atoms. The molecule has 2 aromatic rings. The molecule has 19 heavy (non-hydrogen) atoms. The second-order valence-corrected chi connectivity index (χ2v) is 4.54. The number of hydrogen-bond donors (Lipinski definition) is 2. The van der Waals surface area contributed by atoms with Crippen LogP contribution in [0.5, 0.6) is 0 Å². The number of nitrogens with one attached hydrogen (secondary N) is 1. The van der Waals surface area contributed by atoms with Gasteiger partial charge in [-0.05, 0) is 31.4 Å². The predicted molar refractivity (Wildman–Crippen MR) is 73.5 cm³/mol. The number of aryl methyl sites for hydroxylation is 1. The van der Waals surface area contributed by atoms with Crippen molar-refractivity contribution in [2.45, 2.75) is 25.8 Å². The highest BCUT2D eigenvalue weighted by Gasteiger charge is 2.10. The van der Waals surface area contributed by atoms with E-state index < -0.39 is 5.97 Å². The van der Waals surface area contributed by atoms with Gasteiger partial charge in [0.2, 0.25) is 5.76 Å². The van der Waals surface area contributed by atoms with Crippen molar-refractivity contribution in [2.24, 2.45) is 0 Å². The van der Waals surface area contributed by atoms with Gasteiger partial charge in [-0.2, -0.15) is 0 Å². The third kappa shape index (κ3) is 3.88. The quantitative estimate of drug-likeness (QED) is 0.834. The Balaban J connectivity index is 1.83. The molecule has 2 N–H and O–H groups in total. The molecule has 1 aromatic heterocycles. The zero-order valence-corrected chi connectivity index (χ0v) is 10.8. The lowest BCUT2D eigenvalue weighted by atomic mass is 10.1. The van der Waals surface area contributed by atoms with Gasteiger partial charge in [0.15, 0.2) is 5.88 Å². The Kier molecular flexibility index (Phi) is 4.23. The molecule has 4 heteroatoms. The smallest absolute Gasteiger partial charge is 0.371 e. The van der Waals surface area contributed by atoms with Crippen LogP contribution in [0.15, 0.2) is 46.9 Å². The minimum atomic E-state index is -1.05. The van der Waals surface area contributed by atoms with Crippen molar-refractivity contribution in [2.75, 3.05) is 5.32 Å². The van der Waals surface area contributed by atoms with E-state index in [2.05, 4.69) is 17.4 Å². The van der Waals surface area contributed by atoms with Crippen LogP contribution in [0.25, 0.3) is 0 Å². The second kappa shape index (κ2) is 6.09. The summed E-state index contributed by atoms with van der Waals surface area (Å²) in [6.07, 6.45) is 1.93. The van der Waals surface area contributed by atoms with Gasteiger partial charge in [-0.3, -0.25) is 0 Å². The summed E-state index contributed by atoms with van der Waals surface area (Å²) >= 11 is 0. The van der Waals surface area contributed by atoms with Gasteiger partial charge in [0.25, 0.3) is 0 Å². The van der Waals surface area contributed by atoms with E-state index in [9.17, 15) is 4.79 Å². The fraction of sp³-hybridized carbons (Fsp3) is 0.267. The standard InChI is InChI=1S/C15H17NO3/c1-11(7-8-12-5-3-2-4-6-12)16-14-10-9-13(19-14)15(17)18/h2-6,9-11,16H,7-8H2,1H3,(H,17,18). The molecular weight excluding hydrogens is 242 g/mol. The lowest BCUT2D eigenvalue weighted by molar-refractivity contribution is 0.0663. The molecule has 0 aliphatic heterocycles. The molecule has 0 spiro atoms. The topological polar surface area (TPSA) is 62.5 Å². The van der Waals surface area contributed by atoms with E-state index in [-0.39, 0.29) is 11.8 Å². The van der Waals surface area contributed by atoms with Gasteiger partial charge in [0, 0.05) is 12.1 Å². The van der Waals surface area contributed by atoms with E-state index in [0.717, 1.165) is 12.8 Å². The van der Waals surface area contributed by atoms with E-state index in [1.54, 1.807) is 6.07 Å². The van der Waals surface area contributed by atoms with Gasteiger partial charge in [0.1, 0.15) is 0 Å². The molecule has 0 saturated carbocycles. The summed E-state index contributed by atoms with van der Waals surface area (Å²) in [5.74, 6) is -0.597. The molecular formula is C15H17NO3. The van der Waals surface area contributed by atoms with Crippen LogP contribution in [0.4, 0.5) is 5.88 Å². The zero-order chi connectivity index (χ0) is 13.7. The van der Waals surface area contributed by atoms with Crippen LogP contribution in [0.2, 0.25) is 0 Å². The van der Waals surface area contributed by atoms with E-state index in [0.29, 0.717) is 5.88 Å². The first-order valence-electron chi connectivity index (χ1n) is 6.29. The Bertz CT molecular complexity index is 533. The Hall–Kier alpha value is -2.23. The number of carboxylic acid groups (broad SMARTS) is 1. The Morgan fingerprint density at radius 1 is 1.26 bits per heavy atom. The summed E-state index contributed by atoms with van der Waals surface area (Å²) in [6, 6.07) is 13.6. The zero-order valence-electron chi connectivity index (χ0n) is 10.8. The molecule has 1 aromatic carbocycles. The summed E-state index contributed by atoms with van der Waals surface area (Å²) in [7, 11) is 0. The highest BCUT2D eigenvalue weighted by molar-refractivity contribution is 5.84. The first-order chi connectivity index (χ1) is 9.15. The lowest BCUT2D eigenvalue weighted by Gasteiger charge is -2.12. The average molecular weight is 259 g/mol. The van der Waals surface area contributed by atoms with Gasteiger partial charge in [-0.15, -0.1) is 0 Å². The number of carbonyl (C=O) groups is 1. The highest BCUT2D eigenvalue weighted by atomic mass is 16.4. The average Bonchev–Trinajstić information content (AvgIpc) is 2.86. The summed E-state index contributed by atoms with van der Waals surface area (Å²) < 4.78 is 5.16. The maximum atomic E-state index is 10.7. The molecule has 2 rings (SSSR count). The number of aromatic carboxylic acids is 1. The van der Waals surface area contributed by atoms with Crippen LogP contribution in [0.3, 0.4) is 0 Å². The number of benzene rings is 1. The summed E-state index contributed by atoms with van der Waals surface area (Å²) in [4.78, 5) is 10.7. The van der Waals surface area contributed by atoms with Crippen LogP contribution < -0.4 is 5.32 Å². The van der Waals surface area contributed by atoms with Crippen LogP contribution in [-0.2, 0) is 6.42 Å². The molecule has 1 atom stereocenters. The molecule has 4 nitrogen and oxygen atoms in total. The van der Waals surface area contributed by atoms with Crippen molar-refractivity contribution in [3.63, 3.8) is 0 Å². The van der Waals surface area contributed by atoms with Crippen molar-refractivity contribution in [1.82, 2.24) is 0 Å². The van der Waals surface area contributed by atoms with Crippen LogP contribution in [-0.4, -0.2) is 17.1 Å². The Morgan fingerprint density at radius 2 is 2.00 bits per heavy atom. The molecule has 1 unspecified atom stereocenters. The van der Waals surface area contributed by atoms with Gasteiger partial charge in [-0.25, -0.2) is 4.79 Å². The number of carboxylic acids is 1. The number of furan rings is 1. The van der Waals surface area contributed by atoms with Crippen LogP contribution in [0.1, 0.15) is 29.5 Å². The third-order valence-electron chi connectivity index (χ3n) is 2.91. The van der Waals surface area contributed by atoms with Crippen molar-refractivity contribution in [3.8, 4) is 0 Å². The first-order valence-corrected chi connectivity index (χ1v) is 6.29. The van der Waals surface area contributed by atoms with E-state index >= 15 is 0 Å². The van der Waals surface area contributed by atoms with Crippen molar-refractivity contribution in [1.29, 1.82) is 0 Å². The van der Waals surface area contributed by atoms with Crippen molar-refractivity contribution >= 4 is 11.9 Å². The summed E-state index contributed by atoms with van der Waals surface area (Å²) in [5, 5.41) is 11.9. The molecule has 0 radical (unpaired) electrons. The second-order valence-electron chi connectivity index (χ2n) is 4.54. The van der Waals surface area contributed by atoms with Crippen LogP contribution >= 0.6 is 0 Å². The monoisotopic (exact) mass is 259 g/mol. The van der Waals surface area contributed by atoms with Gasteiger partial charge < -0.3 is 14.8 Å². The Morgan fingerprint density at radius 3 is 2.63 bits per heavy atom. The molecule has 0 saturated heterocycles. The summed E-state index contributed by atoms with van der Waals surface area (Å²) in [5.41, 5.74) is 1.29. The lowest BCUT2D eigenvalue weighted by Crippen LogP contribution is -2.15. The number of anilines is 1.